The molecule has 1 aliphatic rings. The third-order valence-corrected chi connectivity index (χ3v) is 5.01. The van der Waals surface area contributed by atoms with Gasteiger partial charge in [0, 0.05) is 18.7 Å². The molecule has 1 amide bonds. The summed E-state index contributed by atoms with van der Waals surface area (Å²) in [4.78, 5) is 29.2. The molecule has 0 aliphatic carbocycles. The van der Waals surface area contributed by atoms with Gasteiger partial charge in [-0.25, -0.2) is 15.0 Å². The Kier molecular flexibility index (Phi) is 3.95. The summed E-state index contributed by atoms with van der Waals surface area (Å²) in [6, 6.07) is 4.51. The van der Waals surface area contributed by atoms with Crippen molar-refractivity contribution in [2.75, 3.05) is 6.54 Å². The van der Waals surface area contributed by atoms with Crippen molar-refractivity contribution in [3.8, 4) is 0 Å². The van der Waals surface area contributed by atoms with Crippen LogP contribution in [0, 0.1) is 6.92 Å². The van der Waals surface area contributed by atoms with Gasteiger partial charge in [-0.1, -0.05) is 6.07 Å². The number of carbonyl (C=O) groups excluding carboxylic acids is 1. The van der Waals surface area contributed by atoms with E-state index in [9.17, 15) is 18.0 Å². The second-order valence-electron chi connectivity index (χ2n) is 6.97. The molecule has 0 unspecified atom stereocenters. The molecule has 0 fully saturated rings. The Morgan fingerprint density at radius 3 is 2.93 bits per heavy atom. The molecule has 3 aromatic heterocycles. The first-order valence-electron chi connectivity index (χ1n) is 9.04. The van der Waals surface area contributed by atoms with E-state index in [1.54, 1.807) is 6.07 Å². The normalized spacial score (nSPS) is 16.8. The van der Waals surface area contributed by atoms with Crippen molar-refractivity contribution in [2.45, 2.75) is 25.6 Å². The molecule has 11 heteroatoms. The van der Waals surface area contributed by atoms with Gasteiger partial charge in [0.25, 0.3) is 5.91 Å². The molecule has 4 heterocycles. The smallest absolute Gasteiger partial charge is 0.437 e. The molecule has 1 aliphatic heterocycles. The number of hydrogen-bond donors (Lipinski definition) is 1. The SMILES string of the molecule is Cc1ccc2oc([C@@H]3c4nc[nH]c4CCN3C(=O)c3ocnc3C(F)(F)F)nc2c1. The predicted molar refractivity (Wildman–Crippen MR) is 95.4 cm³/mol. The highest BCUT2D eigenvalue weighted by atomic mass is 19.4. The number of rotatable bonds is 2. The third kappa shape index (κ3) is 2.85. The molecule has 4 aromatic rings. The summed E-state index contributed by atoms with van der Waals surface area (Å²) in [5.41, 5.74) is 1.90. The quantitative estimate of drug-likeness (QED) is 0.534. The van der Waals surface area contributed by atoms with E-state index >= 15 is 0 Å². The van der Waals surface area contributed by atoms with E-state index in [0.717, 1.165) is 11.3 Å². The van der Waals surface area contributed by atoms with Gasteiger partial charge in [-0.2, -0.15) is 13.2 Å². The Balaban J connectivity index is 1.62. The van der Waals surface area contributed by atoms with Crippen LogP contribution in [0.25, 0.3) is 11.1 Å². The van der Waals surface area contributed by atoms with Crippen LogP contribution in [0.5, 0.6) is 0 Å². The molecule has 0 saturated carbocycles. The molecule has 1 N–H and O–H groups in total. The zero-order chi connectivity index (χ0) is 21.0. The minimum atomic E-state index is -4.82. The van der Waals surface area contributed by atoms with Gasteiger partial charge in [0.05, 0.1) is 12.0 Å². The lowest BCUT2D eigenvalue weighted by atomic mass is 10.0. The number of aromatic amines is 1. The van der Waals surface area contributed by atoms with Crippen LogP contribution in [0.4, 0.5) is 13.2 Å². The fourth-order valence-electron chi connectivity index (χ4n) is 3.65. The number of aryl methyl sites for hydroxylation is 1. The first-order valence-corrected chi connectivity index (χ1v) is 9.04. The molecule has 30 heavy (non-hydrogen) atoms. The van der Waals surface area contributed by atoms with Gasteiger partial charge >= 0.3 is 6.18 Å². The van der Waals surface area contributed by atoms with Gasteiger partial charge in [-0.05, 0) is 24.6 Å². The highest BCUT2D eigenvalue weighted by molar-refractivity contribution is 5.93. The highest BCUT2D eigenvalue weighted by Crippen LogP contribution is 2.37. The van der Waals surface area contributed by atoms with Crippen molar-refractivity contribution in [1.82, 2.24) is 24.8 Å². The summed E-state index contributed by atoms with van der Waals surface area (Å²) < 4.78 is 50.5. The Bertz CT molecular complexity index is 1260. The average Bonchev–Trinajstić information content (AvgIpc) is 3.43. The third-order valence-electron chi connectivity index (χ3n) is 5.01. The largest absolute Gasteiger partial charge is 0.438 e. The summed E-state index contributed by atoms with van der Waals surface area (Å²) in [6.45, 7) is 2.02. The first-order chi connectivity index (χ1) is 14.3. The van der Waals surface area contributed by atoms with Crippen LogP contribution in [0.2, 0.25) is 0 Å². The number of imidazole rings is 1. The number of carbonyl (C=O) groups is 1. The molecule has 154 valence electrons. The number of aromatic nitrogens is 4. The number of nitrogens with one attached hydrogen (secondary N) is 1. The monoisotopic (exact) mass is 417 g/mol. The van der Waals surface area contributed by atoms with Crippen LogP contribution in [-0.2, 0) is 12.6 Å². The van der Waals surface area contributed by atoms with E-state index in [4.69, 9.17) is 8.83 Å². The first kappa shape index (κ1) is 18.4. The van der Waals surface area contributed by atoms with E-state index in [0.29, 0.717) is 29.6 Å². The molecule has 8 nitrogen and oxygen atoms in total. The number of amides is 1. The van der Waals surface area contributed by atoms with Crippen molar-refractivity contribution in [2.24, 2.45) is 0 Å². The lowest BCUT2D eigenvalue weighted by molar-refractivity contribution is -0.141. The Labute approximate surface area is 166 Å². The number of hydrogen-bond acceptors (Lipinski definition) is 6. The molecule has 5 rings (SSSR count). The second kappa shape index (κ2) is 6.44. The van der Waals surface area contributed by atoms with Crippen LogP contribution in [-0.4, -0.2) is 37.3 Å². The number of nitrogens with zero attached hydrogens (tertiary/aromatic N) is 4. The Morgan fingerprint density at radius 1 is 1.30 bits per heavy atom. The molecule has 0 spiro atoms. The molecule has 0 bridgehead atoms. The topological polar surface area (TPSA) is 101 Å². The van der Waals surface area contributed by atoms with E-state index in [-0.39, 0.29) is 12.4 Å². The number of oxazole rings is 2. The van der Waals surface area contributed by atoms with Crippen LogP contribution in [0.15, 0.2) is 39.8 Å². The van der Waals surface area contributed by atoms with Gasteiger partial charge in [0.1, 0.15) is 5.52 Å². The predicted octanol–water partition coefficient (Wildman–Crippen LogP) is 3.65. The average molecular weight is 417 g/mol. The summed E-state index contributed by atoms with van der Waals surface area (Å²) >= 11 is 0. The summed E-state index contributed by atoms with van der Waals surface area (Å²) in [5.74, 6) is -1.68. The maximum atomic E-state index is 13.3. The fraction of sp³-hybridized carbons (Fsp3) is 0.263. The lowest BCUT2D eigenvalue weighted by Crippen LogP contribution is -2.41. The highest BCUT2D eigenvalue weighted by Gasteiger charge is 2.44. The molecular formula is C19H14F3N5O3. The van der Waals surface area contributed by atoms with Crippen molar-refractivity contribution in [3.63, 3.8) is 0 Å². The number of benzene rings is 1. The molecule has 1 aromatic carbocycles. The maximum absolute atomic E-state index is 13.3. The van der Waals surface area contributed by atoms with Crippen molar-refractivity contribution < 1.29 is 26.8 Å². The van der Waals surface area contributed by atoms with Gasteiger partial charge < -0.3 is 18.7 Å². The van der Waals surface area contributed by atoms with Crippen LogP contribution in [0.1, 0.15) is 45.1 Å². The van der Waals surface area contributed by atoms with E-state index in [1.165, 1.54) is 11.2 Å². The van der Waals surface area contributed by atoms with E-state index < -0.39 is 29.6 Å². The fourth-order valence-corrected chi connectivity index (χ4v) is 3.65. The number of H-pyrrole nitrogens is 1. The second-order valence-corrected chi connectivity index (χ2v) is 6.97. The van der Waals surface area contributed by atoms with Crippen LogP contribution < -0.4 is 0 Å². The zero-order valence-electron chi connectivity index (χ0n) is 15.5. The minimum Gasteiger partial charge on any atom is -0.438 e. The van der Waals surface area contributed by atoms with Gasteiger partial charge in [-0.3, -0.25) is 4.79 Å². The number of alkyl halides is 3. The van der Waals surface area contributed by atoms with Crippen LogP contribution in [0.3, 0.4) is 0 Å². The van der Waals surface area contributed by atoms with Gasteiger partial charge in [-0.15, -0.1) is 0 Å². The van der Waals surface area contributed by atoms with Gasteiger partial charge in [0.2, 0.25) is 11.7 Å². The lowest BCUT2D eigenvalue weighted by Gasteiger charge is -2.32. The van der Waals surface area contributed by atoms with Crippen molar-refractivity contribution >= 4 is 17.0 Å². The molecular weight excluding hydrogens is 403 g/mol. The standard InChI is InChI=1S/C19H14F3N5O3/c1-9-2-3-12-11(6-9)26-17(30-12)14-13-10(23-7-24-13)4-5-27(14)18(28)15-16(19(20,21)22)25-8-29-15/h2-3,6-8,14H,4-5H2,1H3,(H,23,24)/t14-/m0/s1. The van der Waals surface area contributed by atoms with Crippen molar-refractivity contribution in [1.29, 1.82) is 0 Å². The molecule has 0 saturated heterocycles. The van der Waals surface area contributed by atoms with Gasteiger partial charge in [0.15, 0.2) is 23.7 Å². The zero-order valence-corrected chi connectivity index (χ0v) is 15.5. The Morgan fingerprint density at radius 2 is 2.13 bits per heavy atom. The van der Waals surface area contributed by atoms with Crippen LogP contribution >= 0.6 is 0 Å². The Hall–Kier alpha value is -3.63. The minimum absolute atomic E-state index is 0.119. The van der Waals surface area contributed by atoms with E-state index in [1.807, 2.05) is 19.1 Å². The van der Waals surface area contributed by atoms with Crippen molar-refractivity contribution in [3.05, 3.63) is 65.2 Å². The summed E-state index contributed by atoms with van der Waals surface area (Å²) in [6.07, 6.45) is -2.37. The number of halogens is 3. The van der Waals surface area contributed by atoms with E-state index in [2.05, 4.69) is 19.9 Å². The number of fused-ring (bicyclic) bond motifs is 2. The maximum Gasteiger partial charge on any atom is 0.437 e. The molecule has 0 radical (unpaired) electrons. The summed E-state index contributed by atoms with van der Waals surface area (Å²) in [5, 5.41) is 0. The summed E-state index contributed by atoms with van der Waals surface area (Å²) in [7, 11) is 0. The molecule has 1 atom stereocenters.